The van der Waals surface area contributed by atoms with Gasteiger partial charge in [-0.2, -0.15) is 0 Å². The zero-order valence-corrected chi connectivity index (χ0v) is 20.6. The second-order valence-corrected chi connectivity index (χ2v) is 9.94. The summed E-state index contributed by atoms with van der Waals surface area (Å²) in [6, 6.07) is 20.3. The first-order valence-corrected chi connectivity index (χ1v) is 11.9. The summed E-state index contributed by atoms with van der Waals surface area (Å²) in [7, 11) is 0. The molecule has 1 saturated heterocycles. The van der Waals surface area contributed by atoms with E-state index >= 15 is 0 Å². The van der Waals surface area contributed by atoms with Crippen LogP contribution in [0.5, 0.6) is 5.75 Å². The molecule has 3 aromatic carbocycles. The number of carbonyl (C=O) groups is 1. The number of nitrogens with zero attached hydrogens (tertiary/aromatic N) is 1. The molecule has 1 aliphatic heterocycles. The molecule has 1 amide bonds. The maximum Gasteiger partial charge on any atom is 0.270 e. The van der Waals surface area contributed by atoms with Crippen molar-refractivity contribution in [3.05, 3.63) is 97.3 Å². The fourth-order valence-corrected chi connectivity index (χ4v) is 5.14. The van der Waals surface area contributed by atoms with Gasteiger partial charge in [0.25, 0.3) is 5.91 Å². The van der Waals surface area contributed by atoms with Crippen molar-refractivity contribution in [3.8, 4) is 5.75 Å². The summed E-state index contributed by atoms with van der Waals surface area (Å²) in [6.07, 6.45) is 1.81. The Kier molecular flexibility index (Phi) is 7.04. The Morgan fingerprint density at radius 2 is 1.87 bits per heavy atom. The number of halogens is 3. The molecule has 0 atom stereocenters. The third-order valence-electron chi connectivity index (χ3n) is 4.45. The van der Waals surface area contributed by atoms with E-state index in [0.717, 1.165) is 15.6 Å². The molecule has 1 fully saturated rings. The minimum atomic E-state index is -0.174. The van der Waals surface area contributed by atoms with Crippen molar-refractivity contribution in [3.63, 3.8) is 0 Å². The Morgan fingerprint density at radius 1 is 1.06 bits per heavy atom. The van der Waals surface area contributed by atoms with E-state index in [1.807, 2.05) is 48.5 Å². The third kappa shape index (κ3) is 5.16. The lowest BCUT2D eigenvalue weighted by Gasteiger charge is -2.14. The van der Waals surface area contributed by atoms with Crippen LogP contribution in [0.4, 0.5) is 5.69 Å². The van der Waals surface area contributed by atoms with Gasteiger partial charge >= 0.3 is 0 Å². The number of amides is 1. The van der Waals surface area contributed by atoms with E-state index in [1.165, 1.54) is 16.7 Å². The minimum absolute atomic E-state index is 0.174. The second kappa shape index (κ2) is 9.76. The highest BCUT2D eigenvalue weighted by Crippen LogP contribution is 2.37. The van der Waals surface area contributed by atoms with Gasteiger partial charge in [-0.1, -0.05) is 77.5 Å². The first-order chi connectivity index (χ1) is 14.9. The molecule has 0 radical (unpaired) electrons. The number of hydrogen-bond acceptors (Lipinski definition) is 4. The van der Waals surface area contributed by atoms with Gasteiger partial charge in [-0.15, -0.1) is 0 Å². The zero-order chi connectivity index (χ0) is 22.0. The van der Waals surface area contributed by atoms with Crippen LogP contribution >= 0.6 is 63.1 Å². The van der Waals surface area contributed by atoms with Gasteiger partial charge in [0.05, 0.1) is 15.1 Å². The molecule has 156 valence electrons. The first kappa shape index (κ1) is 22.4. The average Bonchev–Trinajstić information content (AvgIpc) is 3.01. The number of ether oxygens (including phenoxy) is 1. The van der Waals surface area contributed by atoms with Gasteiger partial charge < -0.3 is 4.74 Å². The Balaban J connectivity index is 1.51. The van der Waals surface area contributed by atoms with Crippen molar-refractivity contribution in [2.45, 2.75) is 6.61 Å². The van der Waals surface area contributed by atoms with Crippen molar-refractivity contribution in [1.29, 1.82) is 0 Å². The molecule has 0 saturated carbocycles. The number of hydrogen-bond donors (Lipinski definition) is 0. The molecule has 4 rings (SSSR count). The van der Waals surface area contributed by atoms with Gasteiger partial charge in [0, 0.05) is 15.6 Å². The van der Waals surface area contributed by atoms with Crippen LogP contribution in [0.2, 0.25) is 10.0 Å². The second-order valence-electron chi connectivity index (χ2n) is 6.57. The van der Waals surface area contributed by atoms with Crippen molar-refractivity contribution in [2.75, 3.05) is 4.90 Å². The molecule has 1 heterocycles. The van der Waals surface area contributed by atoms with Crippen LogP contribution in [-0.2, 0) is 11.4 Å². The summed E-state index contributed by atoms with van der Waals surface area (Å²) in [5.41, 5.74) is 2.41. The van der Waals surface area contributed by atoms with Gasteiger partial charge in [-0.25, -0.2) is 0 Å². The largest absolute Gasteiger partial charge is 0.488 e. The monoisotopic (exact) mass is 549 g/mol. The molecule has 0 aliphatic carbocycles. The van der Waals surface area contributed by atoms with Crippen LogP contribution < -0.4 is 9.64 Å². The van der Waals surface area contributed by atoms with E-state index in [-0.39, 0.29) is 5.91 Å². The average molecular weight is 551 g/mol. The van der Waals surface area contributed by atoms with E-state index in [1.54, 1.807) is 24.3 Å². The van der Waals surface area contributed by atoms with E-state index in [4.69, 9.17) is 40.2 Å². The molecule has 31 heavy (non-hydrogen) atoms. The topological polar surface area (TPSA) is 29.5 Å². The standard InChI is InChI=1S/C23H14BrCl2NO2S2/c24-18-10-14(8-9-20(18)29-13-15-4-1-2-7-19(15)26)11-21-22(28)27(23(30)31-21)17-6-3-5-16(25)12-17/h1-12H,13H2/b21-11-. The molecule has 0 bridgehead atoms. The highest BCUT2D eigenvalue weighted by molar-refractivity contribution is 9.10. The summed E-state index contributed by atoms with van der Waals surface area (Å²) < 4.78 is 7.13. The Morgan fingerprint density at radius 3 is 2.61 bits per heavy atom. The number of anilines is 1. The number of thiocarbonyl (C=S) groups is 1. The normalized spacial score (nSPS) is 15.1. The van der Waals surface area contributed by atoms with Gasteiger partial charge in [-0.3, -0.25) is 9.69 Å². The third-order valence-corrected chi connectivity index (χ3v) is 6.98. The number of carbonyl (C=O) groups excluding carboxylic acids is 1. The van der Waals surface area contributed by atoms with E-state index < -0.39 is 0 Å². The smallest absolute Gasteiger partial charge is 0.270 e. The quantitative estimate of drug-likeness (QED) is 0.240. The zero-order valence-electron chi connectivity index (χ0n) is 15.8. The summed E-state index contributed by atoms with van der Waals surface area (Å²) >= 11 is 22.5. The number of rotatable bonds is 5. The van der Waals surface area contributed by atoms with Crippen molar-refractivity contribution < 1.29 is 9.53 Å². The molecular formula is C23H14BrCl2NO2S2. The fourth-order valence-electron chi connectivity index (χ4n) is 2.95. The highest BCUT2D eigenvalue weighted by Gasteiger charge is 2.33. The molecule has 0 unspecified atom stereocenters. The van der Waals surface area contributed by atoms with Crippen LogP contribution in [-0.4, -0.2) is 10.2 Å². The summed E-state index contributed by atoms with van der Waals surface area (Å²) in [4.78, 5) is 15.0. The molecule has 0 aromatic heterocycles. The van der Waals surface area contributed by atoms with Crippen molar-refractivity contribution in [1.82, 2.24) is 0 Å². The molecule has 0 spiro atoms. The van der Waals surface area contributed by atoms with Crippen molar-refractivity contribution >= 4 is 85.1 Å². The molecule has 3 nitrogen and oxygen atoms in total. The van der Waals surface area contributed by atoms with Crippen LogP contribution in [0, 0.1) is 0 Å². The fraction of sp³-hybridized carbons (Fsp3) is 0.0435. The van der Waals surface area contributed by atoms with E-state index in [9.17, 15) is 4.79 Å². The minimum Gasteiger partial charge on any atom is -0.488 e. The Labute approximate surface area is 208 Å². The Bertz CT molecular complexity index is 1220. The van der Waals surface area contributed by atoms with Gasteiger partial charge in [0.15, 0.2) is 4.32 Å². The lowest BCUT2D eigenvalue weighted by atomic mass is 10.2. The van der Waals surface area contributed by atoms with Crippen LogP contribution in [0.1, 0.15) is 11.1 Å². The van der Waals surface area contributed by atoms with Crippen LogP contribution in [0.15, 0.2) is 76.1 Å². The maximum atomic E-state index is 12.9. The predicted molar refractivity (Wildman–Crippen MR) is 137 cm³/mol. The van der Waals surface area contributed by atoms with Gasteiger partial charge in [0.2, 0.25) is 0 Å². The van der Waals surface area contributed by atoms with E-state index in [0.29, 0.717) is 37.3 Å². The first-order valence-electron chi connectivity index (χ1n) is 9.11. The van der Waals surface area contributed by atoms with E-state index in [2.05, 4.69) is 15.9 Å². The lowest BCUT2D eigenvalue weighted by molar-refractivity contribution is -0.113. The SMILES string of the molecule is O=C1/C(=C/c2ccc(OCc3ccccc3Cl)c(Br)c2)SC(=S)N1c1cccc(Cl)c1. The molecule has 8 heteroatoms. The summed E-state index contributed by atoms with van der Waals surface area (Å²) in [6.45, 7) is 0.357. The molecule has 1 aliphatic rings. The number of thioether (sulfide) groups is 1. The lowest BCUT2D eigenvalue weighted by Crippen LogP contribution is -2.27. The maximum absolute atomic E-state index is 12.9. The highest BCUT2D eigenvalue weighted by atomic mass is 79.9. The number of benzene rings is 3. The van der Waals surface area contributed by atoms with Gasteiger partial charge in [-0.05, 0) is 64.0 Å². The molecule has 0 N–H and O–H groups in total. The Hall–Kier alpha value is -1.83. The molecular weight excluding hydrogens is 537 g/mol. The van der Waals surface area contributed by atoms with Crippen LogP contribution in [0.25, 0.3) is 6.08 Å². The van der Waals surface area contributed by atoms with Crippen LogP contribution in [0.3, 0.4) is 0 Å². The van der Waals surface area contributed by atoms with Crippen molar-refractivity contribution in [2.24, 2.45) is 0 Å². The van der Waals surface area contributed by atoms with Gasteiger partial charge in [0.1, 0.15) is 12.4 Å². The molecule has 3 aromatic rings. The summed E-state index contributed by atoms with van der Waals surface area (Å²) in [5.74, 6) is 0.510. The summed E-state index contributed by atoms with van der Waals surface area (Å²) in [5, 5.41) is 1.21. The predicted octanol–water partition coefficient (Wildman–Crippen LogP) is 7.74.